The molecule has 0 bridgehead atoms. The monoisotopic (exact) mass is 366 g/mol. The van der Waals surface area contributed by atoms with Gasteiger partial charge in [0.2, 0.25) is 15.9 Å². The first-order chi connectivity index (χ1) is 11.9. The van der Waals surface area contributed by atoms with Gasteiger partial charge in [-0.15, -0.1) is 0 Å². The highest BCUT2D eigenvalue weighted by molar-refractivity contribution is 7.88. The summed E-state index contributed by atoms with van der Waals surface area (Å²) in [7, 11) is -3.25. The maximum Gasteiger partial charge on any atom is 0.246 e. The molecule has 1 unspecified atom stereocenters. The molecule has 1 saturated heterocycles. The molecule has 1 aromatic carbocycles. The molecule has 0 aliphatic carbocycles. The molecule has 6 nitrogen and oxygen atoms in total. The van der Waals surface area contributed by atoms with Gasteiger partial charge in [-0.3, -0.25) is 4.79 Å². The number of hydrogen-bond acceptors (Lipinski definition) is 4. The standard InChI is InChI=1S/C18H26N2O4S/c1-3-24-17-10-7-15(8-11-17)9-12-18(21)20-13-5-4-6-16(20)14-19-25(2,22)23/h7-12,16,19H,3-6,13-14H2,1-2H3/b12-9+. The van der Waals surface area contributed by atoms with Crippen LogP contribution in [0.2, 0.25) is 0 Å². The Bertz CT molecular complexity index is 698. The first kappa shape index (κ1) is 19.5. The van der Waals surface area contributed by atoms with Crippen LogP contribution in [-0.2, 0) is 14.8 Å². The van der Waals surface area contributed by atoms with Gasteiger partial charge in [0.1, 0.15) is 5.75 Å². The number of ether oxygens (including phenoxy) is 1. The minimum Gasteiger partial charge on any atom is -0.494 e. The second kappa shape index (κ2) is 9.01. The van der Waals surface area contributed by atoms with Crippen molar-refractivity contribution in [2.45, 2.75) is 32.2 Å². The third kappa shape index (κ3) is 6.51. The van der Waals surface area contributed by atoms with Crippen molar-refractivity contribution in [3.8, 4) is 5.75 Å². The van der Waals surface area contributed by atoms with Gasteiger partial charge in [0.05, 0.1) is 12.9 Å². The first-order valence-corrected chi connectivity index (χ1v) is 10.4. The topological polar surface area (TPSA) is 75.7 Å². The molecule has 1 aliphatic rings. The molecular weight excluding hydrogens is 340 g/mol. The summed E-state index contributed by atoms with van der Waals surface area (Å²) in [6.45, 7) is 3.47. The first-order valence-electron chi connectivity index (χ1n) is 8.55. The minimum absolute atomic E-state index is 0.0890. The Balaban J connectivity index is 1.98. The van der Waals surface area contributed by atoms with Crippen molar-refractivity contribution in [1.29, 1.82) is 0 Å². The third-order valence-corrected chi connectivity index (χ3v) is 4.79. The Hall–Kier alpha value is -1.86. The lowest BCUT2D eigenvalue weighted by molar-refractivity contribution is -0.129. The van der Waals surface area contributed by atoms with Gasteiger partial charge < -0.3 is 9.64 Å². The zero-order chi connectivity index (χ0) is 18.3. The molecule has 0 radical (unpaired) electrons. The van der Waals surface area contributed by atoms with E-state index in [2.05, 4.69) is 4.72 Å². The number of piperidine rings is 1. The van der Waals surface area contributed by atoms with Gasteiger partial charge in [-0.1, -0.05) is 12.1 Å². The van der Waals surface area contributed by atoms with Gasteiger partial charge in [0.15, 0.2) is 0 Å². The number of carbonyl (C=O) groups excluding carboxylic acids is 1. The quantitative estimate of drug-likeness (QED) is 0.749. The maximum absolute atomic E-state index is 12.5. The molecule has 1 atom stereocenters. The SMILES string of the molecule is CCOc1ccc(/C=C/C(=O)N2CCCCC2CNS(C)(=O)=O)cc1. The summed E-state index contributed by atoms with van der Waals surface area (Å²) in [6.07, 6.45) is 7.21. The van der Waals surface area contributed by atoms with E-state index in [0.29, 0.717) is 13.2 Å². The van der Waals surface area contributed by atoms with Gasteiger partial charge in [-0.2, -0.15) is 0 Å². The van der Waals surface area contributed by atoms with E-state index >= 15 is 0 Å². The number of carbonyl (C=O) groups is 1. The number of nitrogens with one attached hydrogen (secondary N) is 1. The molecule has 1 fully saturated rings. The number of likely N-dealkylation sites (tertiary alicyclic amines) is 1. The Morgan fingerprint density at radius 3 is 2.68 bits per heavy atom. The molecule has 0 aromatic heterocycles. The van der Waals surface area contributed by atoms with Crippen LogP contribution >= 0.6 is 0 Å². The van der Waals surface area contributed by atoms with Crippen molar-refractivity contribution in [3.05, 3.63) is 35.9 Å². The molecule has 7 heteroatoms. The molecule has 1 N–H and O–H groups in total. The molecule has 2 rings (SSSR count). The van der Waals surface area contributed by atoms with E-state index < -0.39 is 10.0 Å². The summed E-state index contributed by atoms with van der Waals surface area (Å²) in [6, 6.07) is 7.43. The fraction of sp³-hybridized carbons (Fsp3) is 0.500. The summed E-state index contributed by atoms with van der Waals surface area (Å²) in [5.74, 6) is 0.711. The molecule has 1 aliphatic heterocycles. The lowest BCUT2D eigenvalue weighted by Gasteiger charge is -2.35. The number of hydrogen-bond donors (Lipinski definition) is 1. The Morgan fingerprint density at radius 1 is 1.32 bits per heavy atom. The second-order valence-corrected chi connectivity index (χ2v) is 7.97. The molecule has 1 heterocycles. The van der Waals surface area contributed by atoms with Crippen LogP contribution in [0.4, 0.5) is 0 Å². The average Bonchev–Trinajstić information content (AvgIpc) is 2.59. The molecule has 0 spiro atoms. The van der Waals surface area contributed by atoms with Gasteiger partial charge in [-0.05, 0) is 50.0 Å². The smallest absolute Gasteiger partial charge is 0.246 e. The van der Waals surface area contributed by atoms with E-state index in [1.54, 1.807) is 17.1 Å². The second-order valence-electron chi connectivity index (χ2n) is 6.14. The molecule has 138 valence electrons. The van der Waals surface area contributed by atoms with E-state index in [-0.39, 0.29) is 18.5 Å². The van der Waals surface area contributed by atoms with Crippen molar-refractivity contribution in [2.24, 2.45) is 0 Å². The van der Waals surface area contributed by atoms with Crippen LogP contribution in [0.3, 0.4) is 0 Å². The van der Waals surface area contributed by atoms with Crippen LogP contribution in [0.1, 0.15) is 31.7 Å². The van der Waals surface area contributed by atoms with Crippen molar-refractivity contribution in [3.63, 3.8) is 0 Å². The number of amides is 1. The van der Waals surface area contributed by atoms with Crippen molar-refractivity contribution < 1.29 is 17.9 Å². The number of nitrogens with zero attached hydrogens (tertiary/aromatic N) is 1. The van der Waals surface area contributed by atoms with Crippen LogP contribution in [0.25, 0.3) is 6.08 Å². The van der Waals surface area contributed by atoms with Crippen LogP contribution in [0.5, 0.6) is 5.75 Å². The predicted molar refractivity (Wildman–Crippen MR) is 98.8 cm³/mol. The minimum atomic E-state index is -3.25. The fourth-order valence-electron chi connectivity index (χ4n) is 2.86. The van der Waals surface area contributed by atoms with Crippen molar-refractivity contribution in [2.75, 3.05) is 26.0 Å². The number of sulfonamides is 1. The van der Waals surface area contributed by atoms with Gasteiger partial charge >= 0.3 is 0 Å². The highest BCUT2D eigenvalue weighted by atomic mass is 32.2. The molecule has 25 heavy (non-hydrogen) atoms. The zero-order valence-corrected chi connectivity index (χ0v) is 15.6. The molecule has 1 amide bonds. The van der Waals surface area contributed by atoms with E-state index in [1.165, 1.54) is 0 Å². The highest BCUT2D eigenvalue weighted by Crippen LogP contribution is 2.18. The normalized spacial score (nSPS) is 18.5. The van der Waals surface area contributed by atoms with Gasteiger partial charge in [0, 0.05) is 25.2 Å². The van der Waals surface area contributed by atoms with Crippen LogP contribution in [0.15, 0.2) is 30.3 Å². The van der Waals surface area contributed by atoms with E-state index in [4.69, 9.17) is 4.74 Å². The van der Waals surface area contributed by atoms with Crippen LogP contribution < -0.4 is 9.46 Å². The van der Waals surface area contributed by atoms with E-state index in [0.717, 1.165) is 36.8 Å². The summed E-state index contributed by atoms with van der Waals surface area (Å²) < 4.78 is 30.5. The molecule has 0 saturated carbocycles. The van der Waals surface area contributed by atoms with Crippen molar-refractivity contribution >= 4 is 22.0 Å². The van der Waals surface area contributed by atoms with E-state index in [1.807, 2.05) is 31.2 Å². The average molecular weight is 366 g/mol. The number of rotatable bonds is 7. The summed E-state index contributed by atoms with van der Waals surface area (Å²) in [5, 5.41) is 0. The summed E-state index contributed by atoms with van der Waals surface area (Å²) >= 11 is 0. The fourth-order valence-corrected chi connectivity index (χ4v) is 3.35. The lowest BCUT2D eigenvalue weighted by atomic mass is 10.0. The Kier molecular flexibility index (Phi) is 7.01. The largest absolute Gasteiger partial charge is 0.494 e. The highest BCUT2D eigenvalue weighted by Gasteiger charge is 2.25. The van der Waals surface area contributed by atoms with Crippen molar-refractivity contribution in [1.82, 2.24) is 9.62 Å². The Labute approximate surface area is 149 Å². The maximum atomic E-state index is 12.5. The Morgan fingerprint density at radius 2 is 2.04 bits per heavy atom. The lowest BCUT2D eigenvalue weighted by Crippen LogP contribution is -2.48. The van der Waals surface area contributed by atoms with Crippen LogP contribution in [0, 0.1) is 0 Å². The van der Waals surface area contributed by atoms with Gasteiger partial charge in [0.25, 0.3) is 0 Å². The summed E-state index contributed by atoms with van der Waals surface area (Å²) in [5.41, 5.74) is 0.916. The van der Waals surface area contributed by atoms with E-state index in [9.17, 15) is 13.2 Å². The predicted octanol–water partition coefficient (Wildman–Crippen LogP) is 2.03. The molecular formula is C18H26N2O4S. The molecule has 1 aromatic rings. The van der Waals surface area contributed by atoms with Crippen LogP contribution in [-0.4, -0.2) is 51.2 Å². The zero-order valence-electron chi connectivity index (χ0n) is 14.8. The third-order valence-electron chi connectivity index (χ3n) is 4.10. The van der Waals surface area contributed by atoms with Gasteiger partial charge in [-0.25, -0.2) is 13.1 Å². The summed E-state index contributed by atoms with van der Waals surface area (Å²) in [4.78, 5) is 14.3. The number of benzene rings is 1.